The van der Waals surface area contributed by atoms with Gasteiger partial charge < -0.3 is 10.0 Å². The number of aromatic nitrogens is 4. The summed E-state index contributed by atoms with van der Waals surface area (Å²) in [6.45, 7) is 2.29. The van der Waals surface area contributed by atoms with E-state index >= 15 is 0 Å². The first kappa shape index (κ1) is 12.4. The van der Waals surface area contributed by atoms with E-state index < -0.39 is 0 Å². The minimum atomic E-state index is -0.239. The van der Waals surface area contributed by atoms with Crippen molar-refractivity contribution in [2.75, 3.05) is 27.2 Å². The fraction of sp³-hybridized carbons (Fsp3) is 0.900. The van der Waals surface area contributed by atoms with Crippen molar-refractivity contribution < 1.29 is 5.11 Å². The van der Waals surface area contributed by atoms with Gasteiger partial charge in [-0.2, -0.15) is 4.80 Å². The maximum Gasteiger partial charge on any atom is 0.188 e. The maximum absolute atomic E-state index is 9.74. The quantitative estimate of drug-likeness (QED) is 0.706. The van der Waals surface area contributed by atoms with Crippen LogP contribution in [0.1, 0.15) is 12.2 Å². The normalized spacial score (nSPS) is 25.9. The van der Waals surface area contributed by atoms with E-state index in [9.17, 15) is 5.11 Å². The lowest BCUT2D eigenvalue weighted by molar-refractivity contribution is 0.167. The number of hydrogen-bond acceptors (Lipinski definition) is 6. The maximum atomic E-state index is 9.74. The topological polar surface area (TPSA) is 70.3 Å². The number of aliphatic hydroxyl groups excluding tert-OH is 1. The van der Waals surface area contributed by atoms with E-state index in [0.29, 0.717) is 25.0 Å². The van der Waals surface area contributed by atoms with Crippen LogP contribution < -0.4 is 0 Å². The van der Waals surface area contributed by atoms with Crippen LogP contribution in [0.15, 0.2) is 0 Å². The highest BCUT2D eigenvalue weighted by Gasteiger charge is 2.31. The summed E-state index contributed by atoms with van der Waals surface area (Å²) in [5, 5.41) is 21.7. The van der Waals surface area contributed by atoms with Crippen molar-refractivity contribution in [1.29, 1.82) is 0 Å². The van der Waals surface area contributed by atoms with Crippen LogP contribution in [0.4, 0.5) is 0 Å². The second-order valence-corrected chi connectivity index (χ2v) is 4.93. The zero-order chi connectivity index (χ0) is 12.4. The molecule has 2 heterocycles. The zero-order valence-corrected chi connectivity index (χ0v) is 10.6. The predicted molar refractivity (Wildman–Crippen MR) is 62.2 cm³/mol. The van der Waals surface area contributed by atoms with Crippen LogP contribution in [0, 0.1) is 0 Å². The number of likely N-dealkylation sites (tertiary alicyclic amines) is 1. The van der Waals surface area contributed by atoms with Crippen molar-refractivity contribution in [2.24, 2.45) is 7.05 Å². The van der Waals surface area contributed by atoms with Crippen LogP contribution >= 0.6 is 0 Å². The standard InChI is InChI=1S/C10H20N6O/c1-14(2)5-8-4-9(17)6-16(8)7-10-11-13-15(3)12-10/h8-9,17H,4-7H2,1-3H3. The van der Waals surface area contributed by atoms with Gasteiger partial charge in [0.2, 0.25) is 0 Å². The summed E-state index contributed by atoms with van der Waals surface area (Å²) in [5.74, 6) is 0.713. The first-order chi connectivity index (χ1) is 8.04. The molecule has 96 valence electrons. The highest BCUT2D eigenvalue weighted by Crippen LogP contribution is 2.19. The van der Waals surface area contributed by atoms with E-state index in [2.05, 4.69) is 25.2 Å². The third-order valence-corrected chi connectivity index (χ3v) is 2.98. The van der Waals surface area contributed by atoms with Crippen LogP contribution in [0.3, 0.4) is 0 Å². The molecule has 1 saturated heterocycles. The lowest BCUT2D eigenvalue weighted by atomic mass is 10.2. The predicted octanol–water partition coefficient (Wildman–Crippen LogP) is -1.29. The molecule has 0 spiro atoms. The summed E-state index contributed by atoms with van der Waals surface area (Å²) in [7, 11) is 5.85. The van der Waals surface area contributed by atoms with Gasteiger partial charge in [-0.05, 0) is 25.7 Å². The van der Waals surface area contributed by atoms with E-state index in [1.165, 1.54) is 4.80 Å². The Morgan fingerprint density at radius 3 is 2.82 bits per heavy atom. The third kappa shape index (κ3) is 3.21. The molecule has 1 aliphatic rings. The van der Waals surface area contributed by atoms with Gasteiger partial charge in [0, 0.05) is 19.1 Å². The minimum absolute atomic E-state index is 0.239. The summed E-state index contributed by atoms with van der Waals surface area (Å²) in [4.78, 5) is 5.82. The van der Waals surface area contributed by atoms with Crippen LogP contribution in [0.25, 0.3) is 0 Å². The molecule has 2 rings (SSSR count). The van der Waals surface area contributed by atoms with Gasteiger partial charge >= 0.3 is 0 Å². The van der Waals surface area contributed by atoms with E-state index in [1.807, 2.05) is 14.1 Å². The van der Waals surface area contributed by atoms with Gasteiger partial charge in [0.1, 0.15) is 0 Å². The van der Waals surface area contributed by atoms with E-state index in [0.717, 1.165) is 13.0 Å². The average molecular weight is 240 g/mol. The molecule has 0 aliphatic carbocycles. The van der Waals surface area contributed by atoms with E-state index in [4.69, 9.17) is 0 Å². The van der Waals surface area contributed by atoms with Gasteiger partial charge in [-0.25, -0.2) is 0 Å². The Kier molecular flexibility index (Phi) is 3.70. The van der Waals surface area contributed by atoms with Crippen LogP contribution in [-0.4, -0.2) is 74.4 Å². The second-order valence-electron chi connectivity index (χ2n) is 4.93. The van der Waals surface area contributed by atoms with Crippen molar-refractivity contribution in [3.8, 4) is 0 Å². The number of aryl methyl sites for hydroxylation is 1. The Morgan fingerprint density at radius 2 is 2.24 bits per heavy atom. The van der Waals surface area contributed by atoms with Crippen LogP contribution in [-0.2, 0) is 13.6 Å². The smallest absolute Gasteiger partial charge is 0.188 e. The van der Waals surface area contributed by atoms with Gasteiger partial charge in [-0.3, -0.25) is 4.90 Å². The van der Waals surface area contributed by atoms with Gasteiger partial charge in [-0.15, -0.1) is 10.2 Å². The number of aliphatic hydroxyl groups is 1. The molecule has 1 aromatic heterocycles. The monoisotopic (exact) mass is 240 g/mol. The SMILES string of the molecule is CN(C)CC1CC(O)CN1Cc1nnn(C)n1. The molecule has 2 atom stereocenters. The number of rotatable bonds is 4. The zero-order valence-electron chi connectivity index (χ0n) is 10.6. The number of hydrogen-bond donors (Lipinski definition) is 1. The van der Waals surface area contributed by atoms with Crippen molar-refractivity contribution in [1.82, 2.24) is 30.0 Å². The fourth-order valence-corrected chi connectivity index (χ4v) is 2.33. The molecule has 1 fully saturated rings. The molecule has 0 amide bonds. The van der Waals surface area contributed by atoms with Crippen molar-refractivity contribution in [3.05, 3.63) is 5.82 Å². The molecule has 0 radical (unpaired) electrons. The molecule has 1 aliphatic heterocycles. The van der Waals surface area contributed by atoms with E-state index in [1.54, 1.807) is 7.05 Å². The van der Waals surface area contributed by atoms with Gasteiger partial charge in [0.05, 0.1) is 19.7 Å². The summed E-state index contributed by atoms with van der Waals surface area (Å²) in [5.41, 5.74) is 0. The van der Waals surface area contributed by atoms with Gasteiger partial charge in [-0.1, -0.05) is 0 Å². The Bertz CT molecular complexity index is 365. The molecule has 0 aromatic carbocycles. The molecule has 7 heteroatoms. The second kappa shape index (κ2) is 5.07. The highest BCUT2D eigenvalue weighted by atomic mass is 16.3. The first-order valence-corrected chi connectivity index (χ1v) is 5.84. The molecule has 1 aromatic rings. The fourth-order valence-electron chi connectivity index (χ4n) is 2.33. The summed E-state index contributed by atoms with van der Waals surface area (Å²) < 4.78 is 0. The highest BCUT2D eigenvalue weighted by molar-refractivity contribution is 4.89. The summed E-state index contributed by atoms with van der Waals surface area (Å²) in [6.07, 6.45) is 0.579. The third-order valence-electron chi connectivity index (χ3n) is 2.98. The molecule has 0 saturated carbocycles. The molecule has 7 nitrogen and oxygen atoms in total. The Morgan fingerprint density at radius 1 is 1.47 bits per heavy atom. The largest absolute Gasteiger partial charge is 0.392 e. The Hall–Kier alpha value is -1.05. The Labute approximate surface area is 101 Å². The van der Waals surface area contributed by atoms with Gasteiger partial charge in [0.25, 0.3) is 0 Å². The number of likely N-dealkylation sites (N-methyl/N-ethyl adjacent to an activating group) is 1. The molecule has 2 unspecified atom stereocenters. The molecule has 17 heavy (non-hydrogen) atoms. The van der Waals surface area contributed by atoms with Crippen LogP contribution in [0.2, 0.25) is 0 Å². The minimum Gasteiger partial charge on any atom is -0.392 e. The van der Waals surface area contributed by atoms with Gasteiger partial charge in [0.15, 0.2) is 5.82 Å². The summed E-state index contributed by atoms with van der Waals surface area (Å²) >= 11 is 0. The molecular weight excluding hydrogens is 220 g/mol. The van der Waals surface area contributed by atoms with Crippen molar-refractivity contribution >= 4 is 0 Å². The van der Waals surface area contributed by atoms with Crippen LogP contribution in [0.5, 0.6) is 0 Å². The average Bonchev–Trinajstić information content (AvgIpc) is 2.74. The van der Waals surface area contributed by atoms with E-state index in [-0.39, 0.29) is 6.10 Å². The lowest BCUT2D eigenvalue weighted by Gasteiger charge is -2.25. The molecule has 0 bridgehead atoms. The first-order valence-electron chi connectivity index (χ1n) is 5.84. The molecular formula is C10H20N6O. The Balaban J connectivity index is 1.98. The summed E-state index contributed by atoms with van der Waals surface area (Å²) in [6, 6.07) is 0.365. The number of tetrazole rings is 1. The lowest BCUT2D eigenvalue weighted by Crippen LogP contribution is -2.37. The molecule has 1 N–H and O–H groups in total. The number of β-amino-alcohol motifs (C(OH)–C–C–N with tert-alkyl or cyclic N) is 1. The number of nitrogens with zero attached hydrogens (tertiary/aromatic N) is 6. The van der Waals surface area contributed by atoms with Crippen molar-refractivity contribution in [2.45, 2.75) is 25.1 Å². The van der Waals surface area contributed by atoms with Crippen molar-refractivity contribution in [3.63, 3.8) is 0 Å².